The van der Waals surface area contributed by atoms with Gasteiger partial charge in [-0.2, -0.15) is 0 Å². The smallest absolute Gasteiger partial charge is 0.407 e. The summed E-state index contributed by atoms with van der Waals surface area (Å²) in [6.07, 6.45) is 6.73. The van der Waals surface area contributed by atoms with E-state index < -0.39 is 12.1 Å². The molecule has 10 nitrogen and oxygen atoms in total. The highest BCUT2D eigenvalue weighted by atomic mass is 16.4. The number of aryl methyl sites for hydroxylation is 1. The number of aromatic nitrogens is 4. The largest absolute Gasteiger partial charge is 0.465 e. The molecule has 4 heterocycles. The van der Waals surface area contributed by atoms with E-state index in [-0.39, 0.29) is 12.5 Å². The van der Waals surface area contributed by atoms with Gasteiger partial charge in [-0.25, -0.2) is 19.7 Å². The zero-order valence-corrected chi connectivity index (χ0v) is 21.8. The molecule has 0 saturated heterocycles. The summed E-state index contributed by atoms with van der Waals surface area (Å²) < 4.78 is 0. The molecular weight excluding hydrogens is 494 g/mol. The molecule has 1 unspecified atom stereocenters. The number of anilines is 1. The second-order valence-corrected chi connectivity index (χ2v) is 9.56. The Kier molecular flexibility index (Phi) is 7.18. The first-order valence-corrected chi connectivity index (χ1v) is 12.7. The molecule has 1 aliphatic rings. The molecule has 2 amide bonds. The third-order valence-electron chi connectivity index (χ3n) is 6.99. The third-order valence-corrected chi connectivity index (χ3v) is 6.99. The Morgan fingerprint density at radius 1 is 1.13 bits per heavy atom. The summed E-state index contributed by atoms with van der Waals surface area (Å²) in [6.45, 7) is 4.85. The van der Waals surface area contributed by atoms with E-state index in [9.17, 15) is 14.7 Å². The average molecular weight is 524 g/mol. The fraction of sp³-hybridized carbons (Fsp3) is 0.241. The van der Waals surface area contributed by atoms with Crippen LogP contribution in [0.1, 0.15) is 52.4 Å². The van der Waals surface area contributed by atoms with Crippen molar-refractivity contribution in [3.05, 3.63) is 95.3 Å². The number of hydrogen-bond donors (Lipinski definition) is 2. The molecule has 0 fully saturated rings. The van der Waals surface area contributed by atoms with Crippen LogP contribution in [0.15, 0.2) is 67.1 Å². The summed E-state index contributed by atoms with van der Waals surface area (Å²) in [4.78, 5) is 46.0. The number of rotatable bonds is 6. The Bertz CT molecular complexity index is 1550. The minimum atomic E-state index is -0.915. The molecular formula is C29H29N7O3. The van der Waals surface area contributed by atoms with Crippen molar-refractivity contribution in [2.45, 2.75) is 32.9 Å². The lowest BCUT2D eigenvalue weighted by atomic mass is 10.0. The maximum Gasteiger partial charge on any atom is 0.407 e. The number of amides is 2. The Balaban J connectivity index is 1.42. The van der Waals surface area contributed by atoms with E-state index >= 15 is 0 Å². The van der Waals surface area contributed by atoms with Gasteiger partial charge in [0.1, 0.15) is 11.6 Å². The highest BCUT2D eigenvalue weighted by Crippen LogP contribution is 2.26. The normalized spacial score (nSPS) is 14.1. The topological polar surface area (TPSA) is 138 Å². The van der Waals surface area contributed by atoms with Crippen LogP contribution in [0.5, 0.6) is 0 Å². The molecule has 1 aromatic carbocycles. The van der Waals surface area contributed by atoms with E-state index in [1.165, 1.54) is 4.90 Å². The summed E-state index contributed by atoms with van der Waals surface area (Å²) in [6, 6.07) is 12.5. The van der Waals surface area contributed by atoms with Crippen molar-refractivity contribution in [2.24, 2.45) is 0 Å². The third kappa shape index (κ3) is 5.54. The maximum absolute atomic E-state index is 13.9. The van der Waals surface area contributed by atoms with Gasteiger partial charge in [0.2, 0.25) is 0 Å². The maximum atomic E-state index is 13.9. The van der Waals surface area contributed by atoms with Gasteiger partial charge in [0.05, 0.1) is 23.8 Å². The second-order valence-electron chi connectivity index (χ2n) is 9.56. The molecule has 0 aliphatic carbocycles. The lowest BCUT2D eigenvalue weighted by molar-refractivity contribution is 0.0663. The molecule has 10 heteroatoms. The van der Waals surface area contributed by atoms with Crippen LogP contribution < -0.4 is 5.73 Å². The van der Waals surface area contributed by atoms with Crippen LogP contribution >= 0.6 is 0 Å². The van der Waals surface area contributed by atoms with Crippen molar-refractivity contribution in [3.63, 3.8) is 0 Å². The van der Waals surface area contributed by atoms with Crippen LogP contribution in [0.2, 0.25) is 0 Å². The Morgan fingerprint density at radius 2 is 1.92 bits per heavy atom. The first-order chi connectivity index (χ1) is 18.8. The molecule has 3 aromatic heterocycles. The van der Waals surface area contributed by atoms with Crippen LogP contribution in [0, 0.1) is 6.92 Å². The minimum Gasteiger partial charge on any atom is -0.465 e. The summed E-state index contributed by atoms with van der Waals surface area (Å²) in [5, 5.41) is 10.0. The number of benzene rings is 1. The lowest BCUT2D eigenvalue weighted by Crippen LogP contribution is -2.34. The van der Waals surface area contributed by atoms with E-state index in [2.05, 4.69) is 19.9 Å². The first-order valence-electron chi connectivity index (χ1n) is 12.7. The van der Waals surface area contributed by atoms with E-state index in [0.717, 1.165) is 27.6 Å². The average Bonchev–Trinajstić information content (AvgIpc) is 2.96. The number of carbonyl (C=O) groups is 2. The fourth-order valence-corrected chi connectivity index (χ4v) is 4.63. The van der Waals surface area contributed by atoms with Gasteiger partial charge in [-0.05, 0) is 73.4 Å². The van der Waals surface area contributed by atoms with Gasteiger partial charge < -0.3 is 20.6 Å². The predicted molar refractivity (Wildman–Crippen MR) is 148 cm³/mol. The van der Waals surface area contributed by atoms with E-state index in [4.69, 9.17) is 5.73 Å². The Labute approximate surface area is 225 Å². The SMILES string of the molecule is Cc1cc2cc(C(=O)N(Cc3ccc(C4=CCN(C(=O)O)CC4)cn3)C(C)c3ncccn3)ccc2nc1N. The highest BCUT2D eigenvalue weighted by molar-refractivity contribution is 5.98. The van der Waals surface area contributed by atoms with Crippen LogP contribution in [0.3, 0.4) is 0 Å². The van der Waals surface area contributed by atoms with Crippen molar-refractivity contribution < 1.29 is 14.7 Å². The highest BCUT2D eigenvalue weighted by Gasteiger charge is 2.26. The molecule has 0 bridgehead atoms. The first kappa shape index (κ1) is 25.8. The van der Waals surface area contributed by atoms with Gasteiger partial charge >= 0.3 is 6.09 Å². The summed E-state index contributed by atoms with van der Waals surface area (Å²) >= 11 is 0. The predicted octanol–water partition coefficient (Wildman–Crippen LogP) is 4.48. The number of nitrogens with zero attached hydrogens (tertiary/aromatic N) is 6. The monoisotopic (exact) mass is 523 g/mol. The van der Waals surface area contributed by atoms with Gasteiger partial charge in [0, 0.05) is 42.6 Å². The van der Waals surface area contributed by atoms with Crippen molar-refractivity contribution >= 4 is 34.3 Å². The number of nitrogen functional groups attached to an aromatic ring is 1. The van der Waals surface area contributed by atoms with Gasteiger partial charge in [0.15, 0.2) is 0 Å². The van der Waals surface area contributed by atoms with E-state index in [1.807, 2.05) is 44.2 Å². The van der Waals surface area contributed by atoms with Gasteiger partial charge in [-0.1, -0.05) is 12.1 Å². The number of pyridine rings is 2. The molecule has 39 heavy (non-hydrogen) atoms. The van der Waals surface area contributed by atoms with Crippen molar-refractivity contribution in [3.8, 4) is 0 Å². The van der Waals surface area contributed by atoms with Gasteiger partial charge in [-0.15, -0.1) is 0 Å². The molecule has 0 spiro atoms. The summed E-state index contributed by atoms with van der Waals surface area (Å²) in [5.74, 6) is 0.820. The Hall–Kier alpha value is -4.86. The van der Waals surface area contributed by atoms with Crippen molar-refractivity contribution in [2.75, 3.05) is 18.8 Å². The van der Waals surface area contributed by atoms with Crippen molar-refractivity contribution in [1.29, 1.82) is 0 Å². The number of carboxylic acid groups (broad SMARTS) is 1. The molecule has 3 N–H and O–H groups in total. The van der Waals surface area contributed by atoms with Crippen LogP contribution in [-0.4, -0.2) is 59.9 Å². The number of carbonyl (C=O) groups excluding carboxylic acids is 1. The van der Waals surface area contributed by atoms with Crippen LogP contribution in [-0.2, 0) is 6.54 Å². The number of fused-ring (bicyclic) bond motifs is 1. The molecule has 1 aliphatic heterocycles. The Morgan fingerprint density at radius 3 is 2.59 bits per heavy atom. The van der Waals surface area contributed by atoms with Gasteiger partial charge in [-0.3, -0.25) is 9.78 Å². The quantitative estimate of drug-likeness (QED) is 0.377. The van der Waals surface area contributed by atoms with E-state index in [1.54, 1.807) is 41.7 Å². The zero-order chi connectivity index (χ0) is 27.5. The van der Waals surface area contributed by atoms with Gasteiger partial charge in [0.25, 0.3) is 5.91 Å². The van der Waals surface area contributed by atoms with E-state index in [0.29, 0.717) is 42.4 Å². The molecule has 5 rings (SSSR count). The molecule has 198 valence electrons. The molecule has 0 radical (unpaired) electrons. The molecule has 4 aromatic rings. The minimum absolute atomic E-state index is 0.180. The zero-order valence-electron chi connectivity index (χ0n) is 21.8. The molecule has 0 saturated carbocycles. The number of hydrogen-bond acceptors (Lipinski definition) is 7. The summed E-state index contributed by atoms with van der Waals surface area (Å²) in [7, 11) is 0. The molecule has 1 atom stereocenters. The lowest BCUT2D eigenvalue weighted by Gasteiger charge is -2.28. The summed E-state index contributed by atoms with van der Waals surface area (Å²) in [5.41, 5.74) is 10.8. The fourth-order valence-electron chi connectivity index (χ4n) is 4.63. The standard InChI is InChI=1S/C29H29N7O3/c1-18-14-23-15-21(5-7-25(23)34-26(18)30)28(37)36(19(2)27-31-10-3-11-32-27)17-24-6-4-22(16-33-24)20-8-12-35(13-9-20)29(38)39/h3-8,10-11,14-16,19H,9,12-13,17H2,1-2H3,(H2,30,34)(H,38,39). The van der Waals surface area contributed by atoms with Crippen LogP contribution in [0.25, 0.3) is 16.5 Å². The van der Waals surface area contributed by atoms with Crippen LogP contribution in [0.4, 0.5) is 10.6 Å². The second kappa shape index (κ2) is 10.9. The van der Waals surface area contributed by atoms with Crippen molar-refractivity contribution in [1.82, 2.24) is 29.7 Å². The number of nitrogens with two attached hydrogens (primary N) is 1.